The number of phenols is 1. The summed E-state index contributed by atoms with van der Waals surface area (Å²) in [6, 6.07) is 12.2. The Morgan fingerprint density at radius 1 is 1.19 bits per heavy atom. The lowest BCUT2D eigenvalue weighted by molar-refractivity contribution is -0.165. The first-order valence-corrected chi connectivity index (χ1v) is 10.7. The number of hydrogen-bond donors (Lipinski definition) is 3. The van der Waals surface area contributed by atoms with Crippen LogP contribution in [-0.4, -0.2) is 42.4 Å². The molecule has 0 aliphatic carbocycles. The van der Waals surface area contributed by atoms with Crippen LogP contribution < -0.4 is 14.8 Å². The molecule has 0 aromatic heterocycles. The summed E-state index contributed by atoms with van der Waals surface area (Å²) in [5.41, 5.74) is 1.22. The molecule has 170 valence electrons. The molecule has 3 N–H and O–H groups in total. The number of allylic oxidation sites excluding steroid dienone is 1. The highest BCUT2D eigenvalue weighted by molar-refractivity contribution is 6.03. The van der Waals surface area contributed by atoms with E-state index in [1.165, 1.54) is 6.07 Å². The van der Waals surface area contributed by atoms with Crippen LogP contribution in [-0.2, 0) is 14.3 Å². The van der Waals surface area contributed by atoms with E-state index in [2.05, 4.69) is 5.32 Å². The quantitative estimate of drug-likeness (QED) is 0.538. The summed E-state index contributed by atoms with van der Waals surface area (Å²) < 4.78 is 22.8. The number of carbonyl (C=O) groups excluding carboxylic acids is 1. The summed E-state index contributed by atoms with van der Waals surface area (Å²) >= 11 is 0. The van der Waals surface area contributed by atoms with Gasteiger partial charge in [-0.15, -0.1) is 0 Å². The average Bonchev–Trinajstić information content (AvgIpc) is 3.27. The zero-order chi connectivity index (χ0) is 22.5. The largest absolute Gasteiger partial charge is 0.506 e. The summed E-state index contributed by atoms with van der Waals surface area (Å²) in [5, 5.41) is 22.1. The monoisotopic (exact) mass is 441 g/mol. The molecule has 0 fully saturated rings. The van der Waals surface area contributed by atoms with Crippen LogP contribution in [0.25, 0.3) is 0 Å². The highest BCUT2D eigenvalue weighted by atomic mass is 16.7. The molecule has 2 aromatic rings. The van der Waals surface area contributed by atoms with E-state index in [4.69, 9.17) is 18.9 Å². The third kappa shape index (κ3) is 4.66. The van der Waals surface area contributed by atoms with Crippen LogP contribution in [0.15, 0.2) is 54.3 Å². The number of carbonyl (C=O) groups is 1. The highest BCUT2D eigenvalue weighted by Crippen LogP contribution is 2.43. The van der Waals surface area contributed by atoms with Crippen LogP contribution in [0, 0.1) is 5.92 Å². The second-order valence-corrected chi connectivity index (χ2v) is 7.61. The van der Waals surface area contributed by atoms with E-state index in [0.29, 0.717) is 30.9 Å². The summed E-state index contributed by atoms with van der Waals surface area (Å²) in [6.07, 6.45) is 2.32. The predicted molar refractivity (Wildman–Crippen MR) is 116 cm³/mol. The van der Waals surface area contributed by atoms with Crippen LogP contribution in [0.5, 0.6) is 17.2 Å². The fourth-order valence-electron chi connectivity index (χ4n) is 4.03. The van der Waals surface area contributed by atoms with E-state index < -0.39 is 12.2 Å². The molecule has 1 amide bonds. The number of fused-ring (bicyclic) bond motifs is 1. The fourth-order valence-corrected chi connectivity index (χ4v) is 4.03. The molecule has 0 saturated carbocycles. The minimum Gasteiger partial charge on any atom is -0.506 e. The Morgan fingerprint density at radius 3 is 2.78 bits per heavy atom. The molecule has 2 heterocycles. The molecule has 8 nitrogen and oxygen atoms in total. The number of phenolic OH excluding ortho intramolecular Hbond substituents is 1. The first-order valence-electron chi connectivity index (χ1n) is 10.7. The Balaban J connectivity index is 1.68. The number of hydrogen-bond acceptors (Lipinski definition) is 7. The lowest BCUT2D eigenvalue weighted by atomic mass is 9.80. The number of amides is 1. The molecule has 32 heavy (non-hydrogen) atoms. The van der Waals surface area contributed by atoms with E-state index >= 15 is 0 Å². The van der Waals surface area contributed by atoms with Gasteiger partial charge in [0.2, 0.25) is 13.1 Å². The van der Waals surface area contributed by atoms with Crippen molar-refractivity contribution in [1.29, 1.82) is 0 Å². The van der Waals surface area contributed by atoms with Crippen LogP contribution in [0.2, 0.25) is 0 Å². The SMILES string of the molecule is CCO[C@@H]1OC(C(=O)Nc2ccccc2O)=C[C@H](c2ccc3c(c2)OCO3)[C@H]1CCCO. The zero-order valence-electron chi connectivity index (χ0n) is 17.8. The van der Waals surface area contributed by atoms with Crippen molar-refractivity contribution in [3.05, 3.63) is 59.9 Å². The zero-order valence-corrected chi connectivity index (χ0v) is 17.8. The van der Waals surface area contributed by atoms with Crippen LogP contribution in [0.4, 0.5) is 5.69 Å². The van der Waals surface area contributed by atoms with Crippen LogP contribution in [0.1, 0.15) is 31.2 Å². The third-order valence-corrected chi connectivity index (χ3v) is 5.57. The maximum atomic E-state index is 13.0. The molecule has 8 heteroatoms. The Bertz CT molecular complexity index is 990. The molecule has 0 bridgehead atoms. The van der Waals surface area contributed by atoms with Gasteiger partial charge in [0.25, 0.3) is 5.91 Å². The van der Waals surface area contributed by atoms with Gasteiger partial charge in [0.15, 0.2) is 17.3 Å². The maximum absolute atomic E-state index is 13.0. The van der Waals surface area contributed by atoms with Crippen LogP contribution in [0.3, 0.4) is 0 Å². The molecule has 0 saturated heterocycles. The summed E-state index contributed by atoms with van der Waals surface area (Å²) in [4.78, 5) is 13.0. The molecule has 2 aromatic carbocycles. The molecular formula is C24H27NO7. The number of para-hydroxylation sites is 2. The van der Waals surface area contributed by atoms with E-state index in [0.717, 1.165) is 5.56 Å². The summed E-state index contributed by atoms with van der Waals surface area (Å²) in [5.74, 6) is 0.576. The van der Waals surface area contributed by atoms with Crippen molar-refractivity contribution in [2.24, 2.45) is 5.92 Å². The van der Waals surface area contributed by atoms with Gasteiger partial charge in [-0.05, 0) is 55.7 Å². The topological polar surface area (TPSA) is 106 Å². The number of aliphatic hydroxyl groups is 1. The van der Waals surface area contributed by atoms with Gasteiger partial charge in [-0.3, -0.25) is 4.79 Å². The molecule has 0 radical (unpaired) electrons. The molecule has 0 unspecified atom stereocenters. The van der Waals surface area contributed by atoms with Gasteiger partial charge in [-0.25, -0.2) is 0 Å². The number of aromatic hydroxyl groups is 1. The van der Waals surface area contributed by atoms with Gasteiger partial charge in [0.1, 0.15) is 5.75 Å². The van der Waals surface area contributed by atoms with Crippen molar-refractivity contribution in [2.75, 3.05) is 25.3 Å². The standard InChI is InChI=1S/C24H27NO7/c1-2-29-24-16(6-5-11-26)17(15-9-10-20-21(12-15)31-14-30-20)13-22(32-24)23(28)25-18-7-3-4-8-19(18)27/h3-4,7-10,12-13,16-17,24,26-27H,2,5-6,11,14H2,1H3,(H,25,28)/t16-,17-,24-/m1/s1. The van der Waals surface area contributed by atoms with Gasteiger partial charge >= 0.3 is 0 Å². The first-order chi connectivity index (χ1) is 15.6. The Labute approximate surface area is 186 Å². The summed E-state index contributed by atoms with van der Waals surface area (Å²) in [6.45, 7) is 2.49. The summed E-state index contributed by atoms with van der Waals surface area (Å²) in [7, 11) is 0. The van der Waals surface area contributed by atoms with Gasteiger partial charge in [0.05, 0.1) is 5.69 Å². The maximum Gasteiger partial charge on any atom is 0.290 e. The van der Waals surface area contributed by atoms with Crippen molar-refractivity contribution in [3.8, 4) is 17.2 Å². The number of ether oxygens (including phenoxy) is 4. The number of aliphatic hydroxyl groups excluding tert-OH is 1. The van der Waals surface area contributed by atoms with E-state index in [-0.39, 0.29) is 42.4 Å². The first kappa shape index (κ1) is 22.0. The number of benzene rings is 2. The van der Waals surface area contributed by atoms with Gasteiger partial charge in [-0.2, -0.15) is 0 Å². The lowest BCUT2D eigenvalue weighted by Gasteiger charge is -2.37. The second-order valence-electron chi connectivity index (χ2n) is 7.61. The second kappa shape index (κ2) is 9.93. The van der Waals surface area contributed by atoms with E-state index in [9.17, 15) is 15.0 Å². The molecule has 0 spiro atoms. The lowest BCUT2D eigenvalue weighted by Crippen LogP contribution is -2.37. The molecular weight excluding hydrogens is 414 g/mol. The Morgan fingerprint density at radius 2 is 2.00 bits per heavy atom. The van der Waals surface area contributed by atoms with Gasteiger partial charge in [0, 0.05) is 25.0 Å². The number of nitrogens with one attached hydrogen (secondary N) is 1. The number of rotatable bonds is 8. The smallest absolute Gasteiger partial charge is 0.290 e. The molecule has 2 aliphatic rings. The van der Waals surface area contributed by atoms with E-state index in [1.807, 2.05) is 25.1 Å². The third-order valence-electron chi connectivity index (χ3n) is 5.57. The van der Waals surface area contributed by atoms with Gasteiger partial charge < -0.3 is 34.5 Å². The Kier molecular flexibility index (Phi) is 6.82. The molecule has 3 atom stereocenters. The van der Waals surface area contributed by atoms with Crippen molar-refractivity contribution < 1.29 is 34.0 Å². The van der Waals surface area contributed by atoms with Crippen molar-refractivity contribution >= 4 is 11.6 Å². The van der Waals surface area contributed by atoms with Crippen molar-refractivity contribution in [2.45, 2.75) is 32.0 Å². The minimum absolute atomic E-state index is 0.0354. The predicted octanol–water partition coefficient (Wildman–Crippen LogP) is 3.51. The van der Waals surface area contributed by atoms with Crippen LogP contribution >= 0.6 is 0 Å². The molecule has 4 rings (SSSR count). The average molecular weight is 441 g/mol. The number of anilines is 1. The van der Waals surface area contributed by atoms with Crippen molar-refractivity contribution in [1.82, 2.24) is 0 Å². The van der Waals surface area contributed by atoms with Gasteiger partial charge in [-0.1, -0.05) is 18.2 Å². The van der Waals surface area contributed by atoms with Crippen molar-refractivity contribution in [3.63, 3.8) is 0 Å². The normalized spacial score (nSPS) is 21.6. The highest BCUT2D eigenvalue weighted by Gasteiger charge is 2.38. The minimum atomic E-state index is -0.669. The van der Waals surface area contributed by atoms with E-state index in [1.54, 1.807) is 24.3 Å². The fraction of sp³-hybridized carbons (Fsp3) is 0.375. The Hall–Kier alpha value is -3.23. The molecule has 2 aliphatic heterocycles.